The number of aromatic nitrogens is 1. The van der Waals surface area contributed by atoms with E-state index in [9.17, 15) is 39.6 Å². The van der Waals surface area contributed by atoms with Crippen LogP contribution < -0.4 is 5.32 Å². The maximum atomic E-state index is 13.1. The number of amides is 1. The molecule has 1 aromatic carbocycles. The van der Waals surface area contributed by atoms with Gasteiger partial charge in [0.2, 0.25) is 0 Å². The van der Waals surface area contributed by atoms with Crippen LogP contribution in [-0.4, -0.2) is 30.1 Å². The van der Waals surface area contributed by atoms with Crippen molar-refractivity contribution >= 4 is 15.7 Å². The third kappa shape index (κ3) is 4.99. The van der Waals surface area contributed by atoms with Crippen molar-refractivity contribution in [2.75, 3.05) is 0 Å². The first-order chi connectivity index (χ1) is 15.0. The second kappa shape index (κ2) is 8.30. The van der Waals surface area contributed by atoms with Crippen molar-refractivity contribution in [2.24, 2.45) is 5.92 Å². The van der Waals surface area contributed by atoms with E-state index in [0.717, 1.165) is 30.5 Å². The largest absolute Gasteiger partial charge is 0.433 e. The lowest BCUT2D eigenvalue weighted by molar-refractivity contribution is -0.141. The monoisotopic (exact) mass is 494 g/mol. The number of sulfone groups is 1. The van der Waals surface area contributed by atoms with Crippen LogP contribution >= 0.6 is 0 Å². The third-order valence-corrected chi connectivity index (χ3v) is 8.53. The van der Waals surface area contributed by atoms with Crippen molar-refractivity contribution < 1.29 is 39.6 Å². The molecule has 1 fully saturated rings. The fourth-order valence-corrected chi connectivity index (χ4v) is 5.41. The molecule has 1 aliphatic carbocycles. The maximum absolute atomic E-state index is 13.1. The molecule has 0 atom stereocenters. The van der Waals surface area contributed by atoms with E-state index in [2.05, 4.69) is 10.3 Å². The van der Waals surface area contributed by atoms with E-state index in [0.29, 0.717) is 12.1 Å². The van der Waals surface area contributed by atoms with E-state index in [1.807, 2.05) is 0 Å². The predicted octanol–water partition coefficient (Wildman–Crippen LogP) is 4.88. The first-order valence-corrected chi connectivity index (χ1v) is 11.3. The average Bonchev–Trinajstić information content (AvgIpc) is 2.68. The number of pyridine rings is 1. The molecule has 1 saturated carbocycles. The molecule has 1 aromatic heterocycles. The molecule has 0 saturated heterocycles. The van der Waals surface area contributed by atoms with Gasteiger partial charge >= 0.3 is 12.4 Å². The minimum absolute atomic E-state index is 0.0812. The lowest BCUT2D eigenvalue weighted by Crippen LogP contribution is -2.53. The molecule has 1 aliphatic rings. The van der Waals surface area contributed by atoms with Crippen LogP contribution in [0.5, 0.6) is 0 Å². The maximum Gasteiger partial charge on any atom is 0.433 e. The van der Waals surface area contributed by atoms with Gasteiger partial charge in [0.15, 0.2) is 9.84 Å². The number of carbonyl (C=O) groups is 1. The number of hydrogen-bond acceptors (Lipinski definition) is 4. The molecule has 0 radical (unpaired) electrons. The highest BCUT2D eigenvalue weighted by atomic mass is 32.2. The Hall–Kier alpha value is -2.63. The first-order valence-electron chi connectivity index (χ1n) is 9.79. The topological polar surface area (TPSA) is 76.1 Å². The van der Waals surface area contributed by atoms with Crippen LogP contribution in [0.4, 0.5) is 26.3 Å². The third-order valence-electron chi connectivity index (χ3n) is 5.94. The molecule has 1 amide bonds. The van der Waals surface area contributed by atoms with Crippen LogP contribution in [0.25, 0.3) is 0 Å². The number of hydrogen-bond donors (Lipinski definition) is 1. The van der Waals surface area contributed by atoms with Crippen LogP contribution in [0, 0.1) is 5.92 Å². The Morgan fingerprint density at radius 3 is 2.15 bits per heavy atom. The second-order valence-corrected chi connectivity index (χ2v) is 10.9. The van der Waals surface area contributed by atoms with E-state index in [4.69, 9.17) is 0 Å². The highest BCUT2D eigenvalue weighted by Crippen LogP contribution is 2.44. The van der Waals surface area contributed by atoms with Crippen LogP contribution in [0.1, 0.15) is 48.3 Å². The summed E-state index contributed by atoms with van der Waals surface area (Å²) in [5.74, 6) is -1.11. The van der Waals surface area contributed by atoms with Crippen molar-refractivity contribution in [1.82, 2.24) is 10.3 Å². The molecular weight excluding hydrogens is 474 g/mol. The SMILES string of the molecule is CC(C)([C@H]1C[C@@H](NC(=O)c2ccc(C(F)(F)F)nc2)C1)S(=O)(=O)c1cccc(C(F)(F)F)c1. The van der Waals surface area contributed by atoms with E-state index in [-0.39, 0.29) is 18.4 Å². The number of benzene rings is 1. The lowest BCUT2D eigenvalue weighted by atomic mass is 9.73. The predicted molar refractivity (Wildman–Crippen MR) is 106 cm³/mol. The van der Waals surface area contributed by atoms with Crippen LogP contribution in [0.15, 0.2) is 47.5 Å². The molecule has 180 valence electrons. The van der Waals surface area contributed by atoms with Crippen molar-refractivity contribution in [3.63, 3.8) is 0 Å². The molecule has 0 bridgehead atoms. The van der Waals surface area contributed by atoms with Gasteiger partial charge in [-0.25, -0.2) is 8.42 Å². The van der Waals surface area contributed by atoms with Crippen LogP contribution in [0.3, 0.4) is 0 Å². The van der Waals surface area contributed by atoms with Crippen molar-refractivity contribution in [2.45, 2.75) is 54.7 Å². The number of halogens is 6. The van der Waals surface area contributed by atoms with Gasteiger partial charge in [-0.2, -0.15) is 26.3 Å². The number of nitrogens with zero attached hydrogens (tertiary/aromatic N) is 1. The van der Waals surface area contributed by atoms with E-state index < -0.39 is 61.0 Å². The summed E-state index contributed by atoms with van der Waals surface area (Å²) in [4.78, 5) is 15.0. The van der Waals surface area contributed by atoms with Gasteiger partial charge in [-0.3, -0.25) is 9.78 Å². The smallest absolute Gasteiger partial charge is 0.349 e. The van der Waals surface area contributed by atoms with E-state index >= 15 is 0 Å². The highest BCUT2D eigenvalue weighted by molar-refractivity contribution is 7.92. The summed E-state index contributed by atoms with van der Waals surface area (Å²) in [5.41, 5.74) is -2.28. The van der Waals surface area contributed by atoms with Gasteiger partial charge in [-0.15, -0.1) is 0 Å². The molecule has 0 spiro atoms. The molecule has 0 unspecified atom stereocenters. The molecule has 12 heteroatoms. The zero-order valence-corrected chi connectivity index (χ0v) is 18.3. The molecule has 33 heavy (non-hydrogen) atoms. The summed E-state index contributed by atoms with van der Waals surface area (Å²) in [6.07, 6.45) is -8.03. The normalized spacial score (nSPS) is 19.6. The summed E-state index contributed by atoms with van der Waals surface area (Å²) < 4.78 is 101. The molecule has 3 rings (SSSR count). The second-order valence-electron chi connectivity index (χ2n) is 8.40. The van der Waals surface area contributed by atoms with Crippen molar-refractivity contribution in [3.05, 3.63) is 59.4 Å². The number of carbonyl (C=O) groups excluding carboxylic acids is 1. The summed E-state index contributed by atoms with van der Waals surface area (Å²) in [6.45, 7) is 2.84. The number of alkyl halides is 6. The fourth-order valence-electron chi connectivity index (χ4n) is 3.63. The zero-order valence-electron chi connectivity index (χ0n) is 17.5. The van der Waals surface area contributed by atoms with E-state index in [1.165, 1.54) is 13.8 Å². The number of nitrogens with one attached hydrogen (secondary N) is 1. The van der Waals surface area contributed by atoms with Crippen LogP contribution in [0.2, 0.25) is 0 Å². The minimum atomic E-state index is -4.69. The van der Waals surface area contributed by atoms with Gasteiger partial charge in [-0.1, -0.05) is 6.07 Å². The Labute approximate surface area is 186 Å². The molecular formula is C21H20F6N2O3S. The molecule has 1 heterocycles. The minimum Gasteiger partial charge on any atom is -0.349 e. The average molecular weight is 494 g/mol. The summed E-state index contributed by atoms with van der Waals surface area (Å²) in [6, 6.07) is 4.78. The number of rotatable bonds is 5. The van der Waals surface area contributed by atoms with Crippen LogP contribution in [-0.2, 0) is 22.2 Å². The van der Waals surface area contributed by atoms with E-state index in [1.54, 1.807) is 0 Å². The van der Waals surface area contributed by atoms with Gasteiger partial charge in [-0.05, 0) is 62.9 Å². The fraction of sp³-hybridized carbons (Fsp3) is 0.429. The van der Waals surface area contributed by atoms with Gasteiger partial charge in [0, 0.05) is 12.2 Å². The lowest BCUT2D eigenvalue weighted by Gasteiger charge is -2.45. The van der Waals surface area contributed by atoms with Crippen molar-refractivity contribution in [3.8, 4) is 0 Å². The molecule has 1 N–H and O–H groups in total. The van der Waals surface area contributed by atoms with Gasteiger partial charge in [0.1, 0.15) is 5.69 Å². The Bertz CT molecular complexity index is 1140. The highest BCUT2D eigenvalue weighted by Gasteiger charge is 2.49. The Balaban J connectivity index is 1.66. The zero-order chi connectivity index (χ0) is 24.8. The van der Waals surface area contributed by atoms with Gasteiger partial charge < -0.3 is 5.32 Å². The Morgan fingerprint density at radius 1 is 1.00 bits per heavy atom. The molecule has 5 nitrogen and oxygen atoms in total. The van der Waals surface area contributed by atoms with Gasteiger partial charge in [0.25, 0.3) is 5.91 Å². The Kier molecular flexibility index (Phi) is 6.29. The summed E-state index contributed by atoms with van der Waals surface area (Å²) in [5, 5.41) is 2.61. The standard InChI is InChI=1S/C21H20F6N2O3S/c1-19(2,33(31,32)16-5-3-4-13(10-16)20(22,23)24)14-8-15(9-14)29-18(30)12-6-7-17(28-11-12)21(25,26)27/h3-7,10-11,14-15H,8-9H2,1-2H3,(H,29,30)/t14-,15+. The summed E-state index contributed by atoms with van der Waals surface area (Å²) >= 11 is 0. The van der Waals surface area contributed by atoms with Gasteiger partial charge in [0.05, 0.1) is 20.8 Å². The quantitative estimate of drug-likeness (QED) is 0.602. The summed E-state index contributed by atoms with van der Waals surface area (Å²) in [7, 11) is -4.13. The molecule has 0 aliphatic heterocycles. The Morgan fingerprint density at radius 2 is 1.64 bits per heavy atom. The van der Waals surface area contributed by atoms with Crippen molar-refractivity contribution in [1.29, 1.82) is 0 Å². The first kappa shape index (κ1) is 25.0. The molecule has 2 aromatic rings.